The molecule has 5 heteroatoms. The average molecular weight is 206 g/mol. The van der Waals surface area contributed by atoms with Crippen LogP contribution in [0.1, 0.15) is 33.6 Å². The lowest BCUT2D eigenvalue weighted by Crippen LogP contribution is -2.56. The normalized spacial score (nSPS) is 30.3. The second kappa shape index (κ2) is 3.22. The molecule has 0 bridgehead atoms. The number of nitrogens with two attached hydrogens (primary N) is 1. The molecule has 0 radical (unpaired) electrons. The molecule has 1 aliphatic rings. The highest BCUT2D eigenvalue weighted by Gasteiger charge is 2.40. The maximum absolute atomic E-state index is 11.3. The van der Waals surface area contributed by atoms with Crippen molar-refractivity contribution in [2.75, 3.05) is 6.54 Å². The highest BCUT2D eigenvalue weighted by molar-refractivity contribution is 7.86. The van der Waals surface area contributed by atoms with Crippen LogP contribution < -0.4 is 5.14 Å². The van der Waals surface area contributed by atoms with E-state index < -0.39 is 10.2 Å². The summed E-state index contributed by atoms with van der Waals surface area (Å²) < 4.78 is 23.9. The van der Waals surface area contributed by atoms with Crippen LogP contribution in [0.5, 0.6) is 0 Å². The van der Waals surface area contributed by atoms with Crippen molar-refractivity contribution >= 4 is 10.2 Å². The molecule has 1 heterocycles. The van der Waals surface area contributed by atoms with E-state index in [4.69, 9.17) is 5.14 Å². The van der Waals surface area contributed by atoms with Crippen molar-refractivity contribution in [1.82, 2.24) is 4.31 Å². The third-order valence-electron chi connectivity index (χ3n) is 3.15. The van der Waals surface area contributed by atoms with Crippen LogP contribution in [-0.2, 0) is 10.2 Å². The van der Waals surface area contributed by atoms with Gasteiger partial charge in [0.15, 0.2) is 0 Å². The van der Waals surface area contributed by atoms with Crippen LogP contribution in [0.25, 0.3) is 0 Å². The molecule has 0 aromatic heterocycles. The topological polar surface area (TPSA) is 63.4 Å². The Morgan fingerprint density at radius 2 is 2.00 bits per heavy atom. The molecule has 1 saturated heterocycles. The van der Waals surface area contributed by atoms with Gasteiger partial charge in [0.25, 0.3) is 10.2 Å². The quantitative estimate of drug-likeness (QED) is 0.686. The molecule has 1 rings (SSSR count). The van der Waals surface area contributed by atoms with Gasteiger partial charge in [-0.3, -0.25) is 0 Å². The smallest absolute Gasteiger partial charge is 0.216 e. The second-order valence-electron chi connectivity index (χ2n) is 4.31. The Labute approximate surface area is 80.3 Å². The summed E-state index contributed by atoms with van der Waals surface area (Å²) in [5.74, 6) is 0.361. The van der Waals surface area contributed by atoms with Gasteiger partial charge in [-0.2, -0.15) is 12.7 Å². The maximum Gasteiger partial charge on any atom is 0.277 e. The van der Waals surface area contributed by atoms with E-state index >= 15 is 0 Å². The number of hydrogen-bond donors (Lipinski definition) is 1. The molecular formula is C8H18N2O2S. The molecule has 2 N–H and O–H groups in total. The molecule has 1 aliphatic heterocycles. The van der Waals surface area contributed by atoms with Gasteiger partial charge in [-0.05, 0) is 32.6 Å². The van der Waals surface area contributed by atoms with Crippen LogP contribution in [-0.4, -0.2) is 24.8 Å². The fourth-order valence-electron chi connectivity index (χ4n) is 1.88. The Bertz CT molecular complexity index is 285. The van der Waals surface area contributed by atoms with Gasteiger partial charge < -0.3 is 0 Å². The molecule has 0 aromatic carbocycles. The van der Waals surface area contributed by atoms with E-state index in [0.717, 1.165) is 12.8 Å². The molecule has 1 fully saturated rings. The van der Waals surface area contributed by atoms with E-state index in [9.17, 15) is 8.42 Å². The Hall–Kier alpha value is -0.130. The van der Waals surface area contributed by atoms with Gasteiger partial charge in [0.05, 0.1) is 0 Å². The summed E-state index contributed by atoms with van der Waals surface area (Å²) in [6.45, 7) is 6.48. The molecule has 0 saturated carbocycles. The molecular weight excluding hydrogens is 188 g/mol. The predicted molar refractivity (Wildman–Crippen MR) is 52.3 cm³/mol. The lowest BCUT2D eigenvalue weighted by atomic mass is 9.82. The zero-order valence-corrected chi connectivity index (χ0v) is 9.26. The van der Waals surface area contributed by atoms with Crippen molar-refractivity contribution in [3.63, 3.8) is 0 Å². The van der Waals surface area contributed by atoms with Crippen molar-refractivity contribution in [1.29, 1.82) is 0 Å². The third-order valence-corrected chi connectivity index (χ3v) is 4.42. The minimum absolute atomic E-state index is 0.341. The first-order chi connectivity index (χ1) is 5.76. The van der Waals surface area contributed by atoms with E-state index in [-0.39, 0.29) is 5.54 Å². The standard InChI is InChI=1S/C8H18N2O2S/c1-7-5-4-6-10(8(7,2)3)13(9,11)12/h7H,4-6H2,1-3H3,(H2,9,11,12). The first-order valence-corrected chi connectivity index (χ1v) is 6.07. The monoisotopic (exact) mass is 206 g/mol. The minimum atomic E-state index is -3.53. The van der Waals surface area contributed by atoms with Crippen LogP contribution in [0.2, 0.25) is 0 Å². The Morgan fingerprint density at radius 1 is 1.46 bits per heavy atom. The molecule has 13 heavy (non-hydrogen) atoms. The summed E-state index contributed by atoms with van der Waals surface area (Å²) in [4.78, 5) is 0. The number of piperidine rings is 1. The zero-order chi connectivity index (χ0) is 10.3. The SMILES string of the molecule is CC1CCCN(S(N)(=O)=O)C1(C)C. The van der Waals surface area contributed by atoms with Gasteiger partial charge in [-0.15, -0.1) is 0 Å². The number of hydrogen-bond acceptors (Lipinski definition) is 2. The van der Waals surface area contributed by atoms with Gasteiger partial charge >= 0.3 is 0 Å². The predicted octanol–water partition coefficient (Wildman–Crippen LogP) is 0.700. The lowest BCUT2D eigenvalue weighted by Gasteiger charge is -2.44. The Balaban J connectivity index is 2.98. The summed E-state index contributed by atoms with van der Waals surface area (Å²) in [5.41, 5.74) is -0.341. The van der Waals surface area contributed by atoms with Gasteiger partial charge in [0.1, 0.15) is 0 Å². The van der Waals surface area contributed by atoms with Crippen molar-refractivity contribution < 1.29 is 8.42 Å². The molecule has 0 aromatic rings. The van der Waals surface area contributed by atoms with Crippen molar-refractivity contribution in [3.05, 3.63) is 0 Å². The minimum Gasteiger partial charge on any atom is -0.216 e. The first-order valence-electron chi connectivity index (χ1n) is 4.57. The lowest BCUT2D eigenvalue weighted by molar-refractivity contribution is 0.107. The van der Waals surface area contributed by atoms with Crippen LogP contribution >= 0.6 is 0 Å². The summed E-state index contributed by atoms with van der Waals surface area (Å²) in [6, 6.07) is 0. The Morgan fingerprint density at radius 3 is 2.38 bits per heavy atom. The number of rotatable bonds is 1. The molecule has 0 aliphatic carbocycles. The fraction of sp³-hybridized carbons (Fsp3) is 1.00. The fourth-order valence-corrected chi connectivity index (χ4v) is 3.10. The molecule has 78 valence electrons. The summed E-state index contributed by atoms with van der Waals surface area (Å²) >= 11 is 0. The van der Waals surface area contributed by atoms with E-state index in [2.05, 4.69) is 6.92 Å². The first kappa shape index (κ1) is 10.9. The average Bonchev–Trinajstić information content (AvgIpc) is 1.92. The van der Waals surface area contributed by atoms with Gasteiger partial charge in [0.2, 0.25) is 0 Å². The van der Waals surface area contributed by atoms with Crippen LogP contribution in [0, 0.1) is 5.92 Å². The molecule has 0 amide bonds. The Kier molecular flexibility index (Phi) is 2.71. The van der Waals surface area contributed by atoms with Crippen LogP contribution in [0.3, 0.4) is 0 Å². The molecule has 1 atom stereocenters. The molecule has 4 nitrogen and oxygen atoms in total. The summed E-state index contributed by atoms with van der Waals surface area (Å²) in [7, 11) is -3.53. The van der Waals surface area contributed by atoms with Crippen molar-refractivity contribution in [3.8, 4) is 0 Å². The third kappa shape index (κ3) is 2.03. The van der Waals surface area contributed by atoms with Gasteiger partial charge in [-0.1, -0.05) is 6.92 Å². The number of nitrogens with zero attached hydrogens (tertiary/aromatic N) is 1. The van der Waals surface area contributed by atoms with E-state index in [1.54, 1.807) is 0 Å². The highest BCUT2D eigenvalue weighted by Crippen LogP contribution is 2.33. The second-order valence-corrected chi connectivity index (χ2v) is 5.78. The van der Waals surface area contributed by atoms with Crippen LogP contribution in [0.4, 0.5) is 0 Å². The molecule has 1 unspecified atom stereocenters. The maximum atomic E-state index is 11.3. The zero-order valence-electron chi connectivity index (χ0n) is 8.45. The largest absolute Gasteiger partial charge is 0.277 e. The van der Waals surface area contributed by atoms with Gasteiger partial charge in [0, 0.05) is 12.1 Å². The summed E-state index contributed by atoms with van der Waals surface area (Å²) in [5, 5.41) is 5.15. The summed E-state index contributed by atoms with van der Waals surface area (Å²) in [6.07, 6.45) is 1.97. The van der Waals surface area contributed by atoms with E-state index in [0.29, 0.717) is 12.5 Å². The van der Waals surface area contributed by atoms with Crippen LogP contribution in [0.15, 0.2) is 0 Å². The highest BCUT2D eigenvalue weighted by atomic mass is 32.2. The van der Waals surface area contributed by atoms with E-state index in [1.165, 1.54) is 4.31 Å². The van der Waals surface area contributed by atoms with Crippen molar-refractivity contribution in [2.24, 2.45) is 11.1 Å². The van der Waals surface area contributed by atoms with Gasteiger partial charge in [-0.25, -0.2) is 5.14 Å². The molecule has 0 spiro atoms. The van der Waals surface area contributed by atoms with E-state index in [1.807, 2.05) is 13.8 Å². The van der Waals surface area contributed by atoms with Crippen molar-refractivity contribution in [2.45, 2.75) is 39.2 Å².